The van der Waals surface area contributed by atoms with E-state index in [-0.39, 0.29) is 18.1 Å². The van der Waals surface area contributed by atoms with Crippen molar-refractivity contribution in [2.75, 3.05) is 25.5 Å². The molecule has 1 amide bonds. The molecule has 94 valence electrons. The van der Waals surface area contributed by atoms with Gasteiger partial charge in [0.25, 0.3) is 0 Å². The Hall–Kier alpha value is -1.62. The fourth-order valence-corrected chi connectivity index (χ4v) is 1.65. The summed E-state index contributed by atoms with van der Waals surface area (Å²) in [6.45, 7) is 1.60. The molecule has 4 nitrogen and oxygen atoms in total. The van der Waals surface area contributed by atoms with Crippen LogP contribution in [0.25, 0.3) is 0 Å². The minimum atomic E-state index is -0.784. The van der Waals surface area contributed by atoms with Crippen molar-refractivity contribution in [1.29, 1.82) is 0 Å². The van der Waals surface area contributed by atoms with Gasteiger partial charge in [0.2, 0.25) is 5.91 Å². The zero-order valence-electron chi connectivity index (χ0n) is 10.2. The number of halogens is 1. The Balaban J connectivity index is 3.06. The van der Waals surface area contributed by atoms with Gasteiger partial charge >= 0.3 is 0 Å². The number of anilines is 1. The normalized spacial score (nSPS) is 12.1. The highest BCUT2D eigenvalue weighted by atomic mass is 19.1. The molecule has 0 radical (unpaired) electrons. The second-order valence-electron chi connectivity index (χ2n) is 3.88. The van der Waals surface area contributed by atoms with Gasteiger partial charge in [-0.05, 0) is 13.0 Å². The SMILES string of the molecule is CNC(=O)CN(C)c1c(F)cccc1C(C)O. The van der Waals surface area contributed by atoms with Crippen molar-refractivity contribution in [2.45, 2.75) is 13.0 Å². The van der Waals surface area contributed by atoms with Crippen LogP contribution in [0, 0.1) is 5.82 Å². The van der Waals surface area contributed by atoms with E-state index in [0.717, 1.165) is 0 Å². The second-order valence-corrected chi connectivity index (χ2v) is 3.88. The first-order valence-electron chi connectivity index (χ1n) is 5.35. The summed E-state index contributed by atoms with van der Waals surface area (Å²) in [7, 11) is 3.13. The molecule has 2 N–H and O–H groups in total. The van der Waals surface area contributed by atoms with Crippen LogP contribution in [0.2, 0.25) is 0 Å². The van der Waals surface area contributed by atoms with Gasteiger partial charge in [0.1, 0.15) is 5.82 Å². The smallest absolute Gasteiger partial charge is 0.239 e. The Labute approximate surface area is 100 Å². The standard InChI is InChI=1S/C12H17FN2O2/c1-8(16)9-5-4-6-10(13)12(9)15(3)7-11(17)14-2/h4-6,8,16H,7H2,1-3H3,(H,14,17). The average Bonchev–Trinajstić information content (AvgIpc) is 2.28. The molecule has 0 spiro atoms. The third kappa shape index (κ3) is 3.17. The van der Waals surface area contributed by atoms with E-state index in [1.165, 1.54) is 24.1 Å². The average molecular weight is 240 g/mol. The number of carbonyl (C=O) groups excluding carboxylic acids is 1. The van der Waals surface area contributed by atoms with Crippen LogP contribution in [-0.2, 0) is 4.79 Å². The Bertz CT molecular complexity index is 407. The number of aliphatic hydroxyl groups is 1. The predicted molar refractivity (Wildman–Crippen MR) is 64.4 cm³/mol. The van der Waals surface area contributed by atoms with Crippen LogP contribution < -0.4 is 10.2 Å². The molecule has 0 saturated carbocycles. The van der Waals surface area contributed by atoms with Gasteiger partial charge in [-0.3, -0.25) is 4.79 Å². The van der Waals surface area contributed by atoms with Gasteiger partial charge in [-0.2, -0.15) is 0 Å². The van der Waals surface area contributed by atoms with Gasteiger partial charge in [-0.15, -0.1) is 0 Å². The molecule has 0 aliphatic carbocycles. The van der Waals surface area contributed by atoms with E-state index >= 15 is 0 Å². The van der Waals surface area contributed by atoms with Gasteiger partial charge in [0.15, 0.2) is 0 Å². The summed E-state index contributed by atoms with van der Waals surface area (Å²) in [6.07, 6.45) is -0.784. The summed E-state index contributed by atoms with van der Waals surface area (Å²) in [5.41, 5.74) is 0.725. The minimum Gasteiger partial charge on any atom is -0.389 e. The first-order valence-corrected chi connectivity index (χ1v) is 5.35. The number of hydrogen-bond acceptors (Lipinski definition) is 3. The van der Waals surface area contributed by atoms with Crippen LogP contribution in [0.5, 0.6) is 0 Å². The molecule has 5 heteroatoms. The Morgan fingerprint density at radius 3 is 2.76 bits per heavy atom. The lowest BCUT2D eigenvalue weighted by Crippen LogP contribution is -2.34. The Morgan fingerprint density at radius 2 is 2.24 bits per heavy atom. The van der Waals surface area contributed by atoms with Crippen LogP contribution >= 0.6 is 0 Å². The number of nitrogens with zero attached hydrogens (tertiary/aromatic N) is 1. The second kappa shape index (κ2) is 5.63. The summed E-state index contributed by atoms with van der Waals surface area (Å²) in [4.78, 5) is 12.7. The van der Waals surface area contributed by atoms with Gasteiger partial charge in [-0.1, -0.05) is 12.1 Å². The van der Waals surface area contributed by atoms with Gasteiger partial charge in [0, 0.05) is 19.7 Å². The number of benzene rings is 1. The van der Waals surface area contributed by atoms with E-state index in [9.17, 15) is 14.3 Å². The molecule has 0 fully saturated rings. The lowest BCUT2D eigenvalue weighted by molar-refractivity contribution is -0.119. The molecule has 0 aliphatic rings. The zero-order valence-corrected chi connectivity index (χ0v) is 10.2. The number of aliphatic hydroxyl groups excluding tert-OH is 1. The predicted octanol–water partition coefficient (Wildman–Crippen LogP) is 1.06. The molecule has 17 heavy (non-hydrogen) atoms. The quantitative estimate of drug-likeness (QED) is 0.827. The highest BCUT2D eigenvalue weighted by molar-refractivity contribution is 5.81. The number of amides is 1. The lowest BCUT2D eigenvalue weighted by Gasteiger charge is -2.23. The van der Waals surface area contributed by atoms with Crippen LogP contribution in [0.15, 0.2) is 18.2 Å². The molecule has 1 aromatic rings. The minimum absolute atomic E-state index is 0.0388. The first-order chi connectivity index (χ1) is 7.97. The summed E-state index contributed by atoms with van der Waals surface area (Å²) in [5.74, 6) is -0.665. The third-order valence-electron chi connectivity index (χ3n) is 2.51. The van der Waals surface area contributed by atoms with Gasteiger partial charge < -0.3 is 15.3 Å². The molecule has 1 rings (SSSR count). The Morgan fingerprint density at radius 1 is 1.59 bits per heavy atom. The molecule has 0 heterocycles. The molecular formula is C12H17FN2O2. The molecule has 0 saturated heterocycles. The van der Waals surface area contributed by atoms with Gasteiger partial charge in [0.05, 0.1) is 18.3 Å². The van der Waals surface area contributed by atoms with E-state index in [1.54, 1.807) is 20.0 Å². The maximum atomic E-state index is 13.7. The lowest BCUT2D eigenvalue weighted by atomic mass is 10.1. The molecular weight excluding hydrogens is 223 g/mol. The number of para-hydroxylation sites is 1. The summed E-state index contributed by atoms with van der Waals surface area (Å²) < 4.78 is 13.7. The van der Waals surface area contributed by atoms with E-state index in [2.05, 4.69) is 5.32 Å². The van der Waals surface area contributed by atoms with Crippen molar-refractivity contribution < 1.29 is 14.3 Å². The fourth-order valence-electron chi connectivity index (χ4n) is 1.65. The van der Waals surface area contributed by atoms with Crippen molar-refractivity contribution in [3.05, 3.63) is 29.6 Å². The molecule has 0 aliphatic heterocycles. The summed E-state index contributed by atoms with van der Waals surface area (Å²) in [6, 6.07) is 4.49. The number of likely N-dealkylation sites (N-methyl/N-ethyl adjacent to an activating group) is 2. The number of hydrogen-bond donors (Lipinski definition) is 2. The fraction of sp³-hybridized carbons (Fsp3) is 0.417. The molecule has 0 aromatic heterocycles. The molecule has 1 aromatic carbocycles. The monoisotopic (exact) mass is 240 g/mol. The van der Waals surface area contributed by atoms with Gasteiger partial charge in [-0.25, -0.2) is 4.39 Å². The highest BCUT2D eigenvalue weighted by Gasteiger charge is 2.17. The zero-order chi connectivity index (χ0) is 13.0. The number of rotatable bonds is 4. The highest BCUT2D eigenvalue weighted by Crippen LogP contribution is 2.28. The molecule has 0 bridgehead atoms. The van der Waals surface area contributed by atoms with E-state index in [0.29, 0.717) is 5.56 Å². The topological polar surface area (TPSA) is 52.6 Å². The summed E-state index contributed by atoms with van der Waals surface area (Å²) in [5, 5.41) is 12.0. The van der Waals surface area contributed by atoms with Crippen LogP contribution in [0.4, 0.5) is 10.1 Å². The van der Waals surface area contributed by atoms with Crippen LogP contribution in [0.3, 0.4) is 0 Å². The first kappa shape index (κ1) is 13.4. The largest absolute Gasteiger partial charge is 0.389 e. The molecule has 1 unspecified atom stereocenters. The van der Waals surface area contributed by atoms with Crippen molar-refractivity contribution in [2.24, 2.45) is 0 Å². The van der Waals surface area contributed by atoms with E-state index in [1.807, 2.05) is 0 Å². The van der Waals surface area contributed by atoms with Crippen molar-refractivity contribution in [3.8, 4) is 0 Å². The maximum Gasteiger partial charge on any atom is 0.239 e. The van der Waals surface area contributed by atoms with E-state index < -0.39 is 11.9 Å². The third-order valence-corrected chi connectivity index (χ3v) is 2.51. The summed E-state index contributed by atoms with van der Waals surface area (Å²) >= 11 is 0. The van der Waals surface area contributed by atoms with Crippen molar-refractivity contribution >= 4 is 11.6 Å². The number of carbonyl (C=O) groups is 1. The van der Waals surface area contributed by atoms with Crippen LogP contribution in [0.1, 0.15) is 18.6 Å². The maximum absolute atomic E-state index is 13.7. The van der Waals surface area contributed by atoms with Crippen molar-refractivity contribution in [1.82, 2.24) is 5.32 Å². The Kier molecular flexibility index (Phi) is 4.45. The van der Waals surface area contributed by atoms with E-state index in [4.69, 9.17) is 0 Å². The van der Waals surface area contributed by atoms with Crippen molar-refractivity contribution in [3.63, 3.8) is 0 Å². The molecule has 1 atom stereocenters. The van der Waals surface area contributed by atoms with Crippen LogP contribution in [-0.4, -0.2) is 31.7 Å². The number of nitrogens with one attached hydrogen (secondary N) is 1.